The predicted octanol–water partition coefficient (Wildman–Crippen LogP) is 3.75. The van der Waals surface area contributed by atoms with Crippen LogP contribution in [0.15, 0.2) is 40.9 Å². The summed E-state index contributed by atoms with van der Waals surface area (Å²) in [5, 5.41) is 0.336. The van der Waals surface area contributed by atoms with Gasteiger partial charge in [-0.2, -0.15) is 0 Å². The van der Waals surface area contributed by atoms with E-state index in [9.17, 15) is 0 Å². The summed E-state index contributed by atoms with van der Waals surface area (Å²) in [4.78, 5) is 4.21. The maximum atomic E-state index is 5.86. The van der Waals surface area contributed by atoms with E-state index in [0.29, 0.717) is 10.8 Å². The Morgan fingerprint density at radius 3 is 2.53 bits per heavy atom. The van der Waals surface area contributed by atoms with Crippen molar-refractivity contribution in [3.63, 3.8) is 0 Å². The molecular weight excluding hydrogens is 275 g/mol. The monoisotopic (exact) mass is 282 g/mol. The van der Waals surface area contributed by atoms with Gasteiger partial charge in [-0.1, -0.05) is 45.7 Å². The van der Waals surface area contributed by atoms with E-state index in [4.69, 9.17) is 17.3 Å². The molecule has 0 saturated heterocycles. The molecule has 2 rings (SSSR count). The zero-order valence-electron chi connectivity index (χ0n) is 7.74. The van der Waals surface area contributed by atoms with Gasteiger partial charge >= 0.3 is 0 Å². The summed E-state index contributed by atoms with van der Waals surface area (Å²) in [5.41, 5.74) is 7.90. The van der Waals surface area contributed by atoms with Crippen molar-refractivity contribution < 1.29 is 0 Å². The van der Waals surface area contributed by atoms with Crippen LogP contribution >= 0.6 is 27.5 Å². The number of aromatic nitrogens is 1. The van der Waals surface area contributed by atoms with Crippen molar-refractivity contribution in [3.05, 3.63) is 46.0 Å². The quantitative estimate of drug-likeness (QED) is 0.810. The summed E-state index contributed by atoms with van der Waals surface area (Å²) >= 11 is 9.33. The lowest BCUT2D eigenvalue weighted by molar-refractivity contribution is 1.32. The van der Waals surface area contributed by atoms with Gasteiger partial charge < -0.3 is 5.73 Å². The third kappa shape index (κ3) is 2.13. The number of halogens is 2. The largest absolute Gasteiger partial charge is 0.396 e. The molecule has 2 aromatic rings. The Morgan fingerprint density at radius 1 is 1.13 bits per heavy atom. The molecule has 1 aromatic carbocycles. The number of nitrogens with zero attached hydrogens (tertiary/aromatic N) is 1. The van der Waals surface area contributed by atoms with Gasteiger partial charge in [-0.3, -0.25) is 0 Å². The maximum absolute atomic E-state index is 5.86. The lowest BCUT2D eigenvalue weighted by Crippen LogP contribution is -1.91. The molecule has 0 amide bonds. The summed E-state index contributed by atoms with van der Waals surface area (Å²) in [6.45, 7) is 0. The number of nitrogen functional groups attached to an aromatic ring is 1. The summed E-state index contributed by atoms with van der Waals surface area (Å²) in [6, 6.07) is 11.4. The third-order valence-corrected chi connectivity index (χ3v) is 3.02. The van der Waals surface area contributed by atoms with Crippen molar-refractivity contribution >= 4 is 33.2 Å². The second-order valence-electron chi connectivity index (χ2n) is 3.06. The van der Waals surface area contributed by atoms with E-state index in [2.05, 4.69) is 20.9 Å². The van der Waals surface area contributed by atoms with Crippen LogP contribution in [0.1, 0.15) is 0 Å². The molecule has 76 valence electrons. The van der Waals surface area contributed by atoms with Crippen LogP contribution in [0.4, 0.5) is 5.69 Å². The number of hydrogen-bond acceptors (Lipinski definition) is 2. The van der Waals surface area contributed by atoms with Gasteiger partial charge in [-0.15, -0.1) is 0 Å². The van der Waals surface area contributed by atoms with Crippen LogP contribution in [-0.4, -0.2) is 4.98 Å². The fourth-order valence-electron chi connectivity index (χ4n) is 1.26. The SMILES string of the molecule is Nc1ccc(-c2ccccc2Br)nc1Cl. The molecule has 0 aliphatic rings. The summed E-state index contributed by atoms with van der Waals surface area (Å²) in [7, 11) is 0. The van der Waals surface area contributed by atoms with E-state index in [1.54, 1.807) is 6.07 Å². The summed E-state index contributed by atoms with van der Waals surface area (Å²) in [6.07, 6.45) is 0. The van der Waals surface area contributed by atoms with Crippen LogP contribution in [-0.2, 0) is 0 Å². The van der Waals surface area contributed by atoms with E-state index >= 15 is 0 Å². The van der Waals surface area contributed by atoms with Gasteiger partial charge in [0.05, 0.1) is 11.4 Å². The summed E-state index contributed by atoms with van der Waals surface area (Å²) in [5.74, 6) is 0. The van der Waals surface area contributed by atoms with Crippen molar-refractivity contribution in [2.24, 2.45) is 0 Å². The Balaban J connectivity index is 2.55. The fourth-order valence-corrected chi connectivity index (χ4v) is 1.91. The fraction of sp³-hybridized carbons (Fsp3) is 0. The lowest BCUT2D eigenvalue weighted by Gasteiger charge is -2.04. The Morgan fingerprint density at radius 2 is 1.87 bits per heavy atom. The second-order valence-corrected chi connectivity index (χ2v) is 4.27. The standard InChI is InChI=1S/C11H8BrClN2/c12-8-4-2-1-3-7(8)10-6-5-9(14)11(13)15-10/h1-6H,14H2. The minimum Gasteiger partial charge on any atom is -0.396 e. The van der Waals surface area contributed by atoms with Crippen molar-refractivity contribution in [1.82, 2.24) is 4.98 Å². The van der Waals surface area contributed by atoms with E-state index in [0.717, 1.165) is 15.7 Å². The zero-order chi connectivity index (χ0) is 10.8. The van der Waals surface area contributed by atoms with Crippen molar-refractivity contribution in [3.8, 4) is 11.3 Å². The highest BCUT2D eigenvalue weighted by molar-refractivity contribution is 9.10. The first-order valence-electron chi connectivity index (χ1n) is 4.35. The van der Waals surface area contributed by atoms with Crippen molar-refractivity contribution in [2.45, 2.75) is 0 Å². The smallest absolute Gasteiger partial charge is 0.152 e. The van der Waals surface area contributed by atoms with Crippen LogP contribution < -0.4 is 5.73 Å². The topological polar surface area (TPSA) is 38.9 Å². The Kier molecular flexibility index (Phi) is 2.93. The number of nitrogens with two attached hydrogens (primary N) is 1. The van der Waals surface area contributed by atoms with Crippen molar-refractivity contribution in [1.29, 1.82) is 0 Å². The van der Waals surface area contributed by atoms with Gasteiger partial charge in [0.1, 0.15) is 0 Å². The maximum Gasteiger partial charge on any atom is 0.152 e. The van der Waals surface area contributed by atoms with Gasteiger partial charge in [0, 0.05) is 10.0 Å². The number of pyridine rings is 1. The molecular formula is C11H8BrClN2. The Hall–Kier alpha value is -1.06. The molecule has 0 unspecified atom stereocenters. The molecule has 1 aromatic heterocycles. The summed E-state index contributed by atoms with van der Waals surface area (Å²) < 4.78 is 0.985. The van der Waals surface area contributed by atoms with Crippen LogP contribution in [0.5, 0.6) is 0 Å². The first-order valence-corrected chi connectivity index (χ1v) is 5.52. The van der Waals surface area contributed by atoms with Crippen LogP contribution in [0.25, 0.3) is 11.3 Å². The molecule has 0 atom stereocenters. The highest BCUT2D eigenvalue weighted by atomic mass is 79.9. The van der Waals surface area contributed by atoms with Gasteiger partial charge in [-0.05, 0) is 18.2 Å². The van der Waals surface area contributed by atoms with Gasteiger partial charge in [-0.25, -0.2) is 4.98 Å². The van der Waals surface area contributed by atoms with Crippen LogP contribution in [0.3, 0.4) is 0 Å². The molecule has 2 nitrogen and oxygen atoms in total. The van der Waals surface area contributed by atoms with Crippen molar-refractivity contribution in [2.75, 3.05) is 5.73 Å². The van der Waals surface area contributed by atoms with E-state index in [1.807, 2.05) is 30.3 Å². The first-order chi connectivity index (χ1) is 7.18. The van der Waals surface area contributed by atoms with Gasteiger partial charge in [0.25, 0.3) is 0 Å². The van der Waals surface area contributed by atoms with Gasteiger partial charge in [0.15, 0.2) is 5.15 Å². The lowest BCUT2D eigenvalue weighted by atomic mass is 10.1. The third-order valence-electron chi connectivity index (χ3n) is 2.03. The minimum atomic E-state index is 0.336. The number of anilines is 1. The molecule has 0 aliphatic carbocycles. The van der Waals surface area contributed by atoms with Gasteiger partial charge in [0.2, 0.25) is 0 Å². The highest BCUT2D eigenvalue weighted by Crippen LogP contribution is 2.28. The number of rotatable bonds is 1. The zero-order valence-corrected chi connectivity index (χ0v) is 10.1. The van der Waals surface area contributed by atoms with Crippen LogP contribution in [0, 0.1) is 0 Å². The molecule has 0 saturated carbocycles. The molecule has 0 radical (unpaired) electrons. The molecule has 0 fully saturated rings. The molecule has 0 bridgehead atoms. The average molecular weight is 284 g/mol. The second kappa shape index (κ2) is 4.21. The average Bonchev–Trinajstić information content (AvgIpc) is 2.23. The molecule has 2 N–H and O–H groups in total. The minimum absolute atomic E-state index is 0.336. The Labute approximate surface area is 101 Å². The normalized spacial score (nSPS) is 10.3. The molecule has 0 spiro atoms. The van der Waals surface area contributed by atoms with E-state index < -0.39 is 0 Å². The first kappa shape index (κ1) is 10.5. The Bertz CT molecular complexity index is 500. The van der Waals surface area contributed by atoms with E-state index in [1.165, 1.54) is 0 Å². The molecule has 15 heavy (non-hydrogen) atoms. The number of benzene rings is 1. The molecule has 4 heteroatoms. The molecule has 0 aliphatic heterocycles. The number of hydrogen-bond donors (Lipinski definition) is 1. The van der Waals surface area contributed by atoms with Crippen LogP contribution in [0.2, 0.25) is 5.15 Å². The van der Waals surface area contributed by atoms with E-state index in [-0.39, 0.29) is 0 Å². The predicted molar refractivity (Wildman–Crippen MR) is 66.8 cm³/mol. The molecule has 1 heterocycles. The highest BCUT2D eigenvalue weighted by Gasteiger charge is 2.05.